The summed E-state index contributed by atoms with van der Waals surface area (Å²) in [7, 11) is 4.96. The summed E-state index contributed by atoms with van der Waals surface area (Å²) >= 11 is 0. The topological polar surface area (TPSA) is 87.7 Å². The standard InChI is InChI=1S/C39H44N2O7/c1-25(2)48-37-22-30-29(21-35(37)45-5)12-9-17-41(31(30)18-26-13-15-32(43-3)34(19-26)44-4)38(28-10-7-6-8-11-28)39(42)40-23-27-14-16-33-36(20-27)47-24-46-33/h6-8,10-11,13-16,19-22,25,31,38H,9,12,17-18,23-24H2,1-5H3,(H,40,42). The van der Waals surface area contributed by atoms with Crippen molar-refractivity contribution in [1.82, 2.24) is 10.2 Å². The first kappa shape index (κ1) is 33.0. The number of fused-ring (bicyclic) bond motifs is 2. The Balaban J connectivity index is 1.42. The lowest BCUT2D eigenvalue weighted by Gasteiger charge is -2.37. The lowest BCUT2D eigenvalue weighted by Crippen LogP contribution is -2.43. The second kappa shape index (κ2) is 14.9. The first-order valence-corrected chi connectivity index (χ1v) is 16.4. The molecule has 0 saturated heterocycles. The molecule has 9 heteroatoms. The molecular weight excluding hydrogens is 608 g/mol. The molecule has 9 nitrogen and oxygen atoms in total. The first-order chi connectivity index (χ1) is 23.4. The van der Waals surface area contributed by atoms with Crippen LogP contribution in [0.4, 0.5) is 0 Å². The number of ether oxygens (including phenoxy) is 6. The van der Waals surface area contributed by atoms with Gasteiger partial charge in [0, 0.05) is 19.1 Å². The van der Waals surface area contributed by atoms with Crippen molar-refractivity contribution < 1.29 is 33.2 Å². The molecule has 0 saturated carbocycles. The van der Waals surface area contributed by atoms with Gasteiger partial charge in [-0.1, -0.05) is 42.5 Å². The molecule has 2 aliphatic heterocycles. The zero-order valence-electron chi connectivity index (χ0n) is 28.3. The number of carbonyl (C=O) groups excluding carboxylic acids is 1. The summed E-state index contributed by atoms with van der Waals surface area (Å²) in [5.74, 6) is 4.06. The number of carbonyl (C=O) groups is 1. The summed E-state index contributed by atoms with van der Waals surface area (Å²) in [5, 5.41) is 3.25. The number of amides is 1. The quantitative estimate of drug-likeness (QED) is 0.179. The molecule has 0 aliphatic carbocycles. The van der Waals surface area contributed by atoms with Crippen LogP contribution in [-0.2, 0) is 24.2 Å². The Hall–Kier alpha value is -4.89. The Morgan fingerprint density at radius 3 is 2.31 bits per heavy atom. The van der Waals surface area contributed by atoms with E-state index in [2.05, 4.69) is 28.4 Å². The Morgan fingerprint density at radius 2 is 1.56 bits per heavy atom. The van der Waals surface area contributed by atoms with Gasteiger partial charge in [-0.15, -0.1) is 0 Å². The number of benzene rings is 4. The Labute approximate surface area is 282 Å². The van der Waals surface area contributed by atoms with Gasteiger partial charge in [-0.25, -0.2) is 0 Å². The normalized spacial score (nSPS) is 16.1. The molecule has 0 radical (unpaired) electrons. The van der Waals surface area contributed by atoms with Crippen LogP contribution in [0.2, 0.25) is 0 Å². The van der Waals surface area contributed by atoms with Gasteiger partial charge >= 0.3 is 0 Å². The van der Waals surface area contributed by atoms with Gasteiger partial charge in [-0.3, -0.25) is 9.69 Å². The number of hydrogen-bond acceptors (Lipinski definition) is 8. The van der Waals surface area contributed by atoms with Gasteiger partial charge in [0.1, 0.15) is 6.04 Å². The minimum Gasteiger partial charge on any atom is -0.493 e. The summed E-state index contributed by atoms with van der Waals surface area (Å²) in [5.41, 5.74) is 5.22. The SMILES string of the molecule is COc1ccc(CC2c3cc(OC(C)C)c(OC)cc3CCCN2C(C(=O)NCc2ccc3c(c2)OCO3)c2ccccc2)cc1OC. The van der Waals surface area contributed by atoms with Crippen LogP contribution in [0, 0.1) is 0 Å². The van der Waals surface area contributed by atoms with E-state index in [0.29, 0.717) is 54.0 Å². The fraction of sp³-hybridized carbons (Fsp3) is 0.359. The highest BCUT2D eigenvalue weighted by molar-refractivity contribution is 5.83. The minimum absolute atomic E-state index is 0.0397. The van der Waals surface area contributed by atoms with Crippen molar-refractivity contribution in [2.75, 3.05) is 34.7 Å². The number of aryl methyl sites for hydroxylation is 1. The summed E-state index contributed by atoms with van der Waals surface area (Å²) in [4.78, 5) is 16.8. The van der Waals surface area contributed by atoms with E-state index in [1.54, 1.807) is 21.3 Å². The molecule has 1 amide bonds. The van der Waals surface area contributed by atoms with Gasteiger partial charge in [0.05, 0.1) is 27.4 Å². The van der Waals surface area contributed by atoms with Crippen molar-refractivity contribution in [2.45, 2.75) is 57.8 Å². The number of rotatable bonds is 12. The van der Waals surface area contributed by atoms with Crippen molar-refractivity contribution in [3.63, 3.8) is 0 Å². The van der Waals surface area contributed by atoms with E-state index in [-0.39, 0.29) is 24.8 Å². The van der Waals surface area contributed by atoms with Crippen LogP contribution in [0.15, 0.2) is 78.9 Å². The maximum Gasteiger partial charge on any atom is 0.242 e. The van der Waals surface area contributed by atoms with E-state index in [1.807, 2.05) is 74.5 Å². The molecule has 2 atom stereocenters. The largest absolute Gasteiger partial charge is 0.493 e. The number of methoxy groups -OCH3 is 3. The van der Waals surface area contributed by atoms with Crippen LogP contribution < -0.4 is 33.7 Å². The van der Waals surface area contributed by atoms with Crippen molar-refractivity contribution in [1.29, 1.82) is 0 Å². The third-order valence-electron chi connectivity index (χ3n) is 8.89. The molecule has 1 N–H and O–H groups in total. The first-order valence-electron chi connectivity index (χ1n) is 16.4. The molecule has 4 aromatic rings. The van der Waals surface area contributed by atoms with Crippen LogP contribution in [0.3, 0.4) is 0 Å². The summed E-state index contributed by atoms with van der Waals surface area (Å²) < 4.78 is 34.3. The van der Waals surface area contributed by atoms with Gasteiger partial charge in [0.15, 0.2) is 34.5 Å². The molecule has 2 aliphatic rings. The highest BCUT2D eigenvalue weighted by Crippen LogP contribution is 2.43. The Morgan fingerprint density at radius 1 is 0.833 bits per heavy atom. The summed E-state index contributed by atoms with van der Waals surface area (Å²) in [6, 6.07) is 25.3. The van der Waals surface area contributed by atoms with Crippen molar-refractivity contribution >= 4 is 5.91 Å². The molecule has 4 aromatic carbocycles. The zero-order chi connectivity index (χ0) is 33.6. The van der Waals surface area contributed by atoms with Crippen LogP contribution >= 0.6 is 0 Å². The summed E-state index contributed by atoms with van der Waals surface area (Å²) in [6.45, 7) is 5.28. The van der Waals surface area contributed by atoms with Crippen LogP contribution in [-0.4, -0.2) is 51.6 Å². The molecule has 2 heterocycles. The van der Waals surface area contributed by atoms with Gasteiger partial charge < -0.3 is 33.7 Å². The number of nitrogens with one attached hydrogen (secondary N) is 1. The second-order valence-corrected chi connectivity index (χ2v) is 12.3. The van der Waals surface area contributed by atoms with E-state index >= 15 is 0 Å². The van der Waals surface area contributed by atoms with Gasteiger partial charge in [0.2, 0.25) is 12.7 Å². The third kappa shape index (κ3) is 7.16. The lowest BCUT2D eigenvalue weighted by atomic mass is 9.91. The smallest absolute Gasteiger partial charge is 0.242 e. The van der Waals surface area contributed by atoms with E-state index in [1.165, 1.54) is 5.56 Å². The Kier molecular flexibility index (Phi) is 10.3. The monoisotopic (exact) mass is 652 g/mol. The molecule has 0 bridgehead atoms. The van der Waals surface area contributed by atoms with Crippen LogP contribution in [0.5, 0.6) is 34.5 Å². The predicted molar refractivity (Wildman–Crippen MR) is 183 cm³/mol. The molecular formula is C39H44N2O7. The van der Waals surface area contributed by atoms with Crippen LogP contribution in [0.25, 0.3) is 0 Å². The van der Waals surface area contributed by atoms with Gasteiger partial charge in [-0.05, 0) is 97.3 Å². The predicted octanol–water partition coefficient (Wildman–Crippen LogP) is 6.82. The van der Waals surface area contributed by atoms with Gasteiger partial charge in [-0.2, -0.15) is 0 Å². The third-order valence-corrected chi connectivity index (χ3v) is 8.89. The maximum atomic E-state index is 14.5. The highest BCUT2D eigenvalue weighted by Gasteiger charge is 2.37. The number of nitrogens with zero attached hydrogens (tertiary/aromatic N) is 1. The summed E-state index contributed by atoms with van der Waals surface area (Å²) in [6.07, 6.45) is 2.29. The average molecular weight is 653 g/mol. The number of hydrogen-bond donors (Lipinski definition) is 1. The van der Waals surface area contributed by atoms with Crippen LogP contribution in [0.1, 0.15) is 60.2 Å². The fourth-order valence-corrected chi connectivity index (χ4v) is 6.67. The minimum atomic E-state index is -0.562. The van der Waals surface area contributed by atoms with Crippen molar-refractivity contribution in [3.05, 3.63) is 107 Å². The molecule has 0 spiro atoms. The lowest BCUT2D eigenvalue weighted by molar-refractivity contribution is -0.128. The maximum absolute atomic E-state index is 14.5. The molecule has 0 aromatic heterocycles. The zero-order valence-corrected chi connectivity index (χ0v) is 28.3. The Bertz CT molecular complexity index is 1730. The molecule has 252 valence electrons. The van der Waals surface area contributed by atoms with Gasteiger partial charge in [0.25, 0.3) is 0 Å². The van der Waals surface area contributed by atoms with E-state index in [4.69, 9.17) is 28.4 Å². The fourth-order valence-electron chi connectivity index (χ4n) is 6.67. The van der Waals surface area contributed by atoms with E-state index in [9.17, 15) is 4.79 Å². The second-order valence-electron chi connectivity index (χ2n) is 12.3. The highest BCUT2D eigenvalue weighted by atomic mass is 16.7. The molecule has 48 heavy (non-hydrogen) atoms. The molecule has 0 fully saturated rings. The van der Waals surface area contributed by atoms with Crippen molar-refractivity contribution in [2.24, 2.45) is 0 Å². The van der Waals surface area contributed by atoms with Crippen molar-refractivity contribution in [3.8, 4) is 34.5 Å². The molecule has 2 unspecified atom stereocenters. The molecule has 6 rings (SSSR count). The van der Waals surface area contributed by atoms with E-state index < -0.39 is 6.04 Å². The average Bonchev–Trinajstić information content (AvgIpc) is 3.51. The van der Waals surface area contributed by atoms with E-state index in [0.717, 1.165) is 35.1 Å².